The van der Waals surface area contributed by atoms with Crippen LogP contribution in [0.25, 0.3) is 0 Å². The van der Waals surface area contributed by atoms with Crippen molar-refractivity contribution in [2.24, 2.45) is 0 Å². The van der Waals surface area contributed by atoms with Crippen molar-refractivity contribution in [3.8, 4) is 0 Å². The van der Waals surface area contributed by atoms with E-state index in [1.54, 1.807) is 30.3 Å². The van der Waals surface area contributed by atoms with Crippen LogP contribution in [-0.2, 0) is 19.2 Å². The van der Waals surface area contributed by atoms with Crippen LogP contribution in [0.3, 0.4) is 0 Å². The third-order valence-electron chi connectivity index (χ3n) is 3.12. The summed E-state index contributed by atoms with van der Waals surface area (Å²) in [6.07, 6.45) is 0. The number of carboxylic acid groups (broad SMARTS) is 1. The van der Waals surface area contributed by atoms with E-state index >= 15 is 0 Å². The molecular weight excluding hydrogens is 392 g/mol. The van der Waals surface area contributed by atoms with Gasteiger partial charge in [-0.15, -0.1) is 0 Å². The summed E-state index contributed by atoms with van der Waals surface area (Å²) in [6.45, 7) is 2.42. The van der Waals surface area contributed by atoms with Gasteiger partial charge in [0.15, 0.2) is 0 Å². The van der Waals surface area contributed by atoms with Crippen molar-refractivity contribution in [3.63, 3.8) is 0 Å². The fraction of sp³-hybridized carbons (Fsp3) is 0.353. The number of benzene rings is 1. The van der Waals surface area contributed by atoms with Crippen molar-refractivity contribution in [2.45, 2.75) is 25.9 Å². The van der Waals surface area contributed by atoms with E-state index in [0.717, 1.165) is 11.8 Å². The molecule has 0 saturated carbocycles. The van der Waals surface area contributed by atoms with Crippen LogP contribution in [-0.4, -0.2) is 56.7 Å². The molecule has 0 fully saturated rings. The maximum absolute atomic E-state index is 12.4. The summed E-state index contributed by atoms with van der Waals surface area (Å²) in [4.78, 5) is 58.0. The molecule has 0 aromatic heterocycles. The molecule has 1 aromatic carbocycles. The molecule has 0 aliphatic heterocycles. The Morgan fingerprint density at radius 1 is 0.889 bits per heavy atom. The highest BCUT2D eigenvalue weighted by atomic mass is 32.2. The van der Waals surface area contributed by atoms with Crippen LogP contribution >= 0.6 is 23.5 Å². The first-order chi connectivity index (χ1) is 12.7. The van der Waals surface area contributed by atoms with Crippen LogP contribution in [0.4, 0.5) is 0 Å². The zero-order valence-corrected chi connectivity index (χ0v) is 16.4. The molecule has 1 aromatic rings. The Hall–Kier alpha value is -2.33. The number of carbonyl (C=O) groups excluding carboxylic acids is 4. The average molecular weight is 412 g/mol. The van der Waals surface area contributed by atoms with Gasteiger partial charge in [-0.3, -0.25) is 19.2 Å². The Balaban J connectivity index is 2.67. The number of hydrogen-bond donors (Lipinski definition) is 3. The van der Waals surface area contributed by atoms with Gasteiger partial charge in [0.05, 0.1) is 0 Å². The van der Waals surface area contributed by atoms with Gasteiger partial charge in [-0.1, -0.05) is 53.9 Å². The summed E-state index contributed by atoms with van der Waals surface area (Å²) in [5, 5.41) is 13.0. The lowest BCUT2D eigenvalue weighted by atomic mass is 10.2. The summed E-state index contributed by atoms with van der Waals surface area (Å²) in [5.74, 6) is -2.43. The van der Waals surface area contributed by atoms with Gasteiger partial charge in [0.1, 0.15) is 12.1 Å². The standard InChI is InChI=1S/C17H20N2O6S2/c1-10(20)18-13(15(22)23)8-27-17(25)14(19-11(2)21)9-26-16(24)12-6-4-3-5-7-12/h3-7,13-14H,8-9H2,1-2H3,(H,18,20)(H,19,21)(H,22,23). The topological polar surface area (TPSA) is 130 Å². The number of thioether (sulfide) groups is 2. The van der Waals surface area contributed by atoms with E-state index in [9.17, 15) is 24.0 Å². The number of nitrogens with one attached hydrogen (secondary N) is 2. The number of rotatable bonds is 9. The minimum Gasteiger partial charge on any atom is -0.480 e. The molecule has 3 N–H and O–H groups in total. The molecular formula is C17H20N2O6S2. The molecule has 27 heavy (non-hydrogen) atoms. The van der Waals surface area contributed by atoms with E-state index in [4.69, 9.17) is 5.11 Å². The predicted molar refractivity (Wildman–Crippen MR) is 104 cm³/mol. The molecule has 0 aliphatic carbocycles. The first-order valence-corrected chi connectivity index (χ1v) is 9.83. The third-order valence-corrected chi connectivity index (χ3v) is 5.19. The Morgan fingerprint density at radius 2 is 1.41 bits per heavy atom. The maximum atomic E-state index is 12.4. The zero-order chi connectivity index (χ0) is 20.4. The Bertz CT molecular complexity index is 711. The zero-order valence-electron chi connectivity index (χ0n) is 14.8. The van der Waals surface area contributed by atoms with Gasteiger partial charge in [0.2, 0.25) is 22.0 Å². The summed E-state index contributed by atoms with van der Waals surface area (Å²) in [6, 6.07) is 6.30. The highest BCUT2D eigenvalue weighted by Gasteiger charge is 2.25. The molecule has 0 aliphatic rings. The van der Waals surface area contributed by atoms with Crippen LogP contribution < -0.4 is 10.6 Å². The normalized spacial score (nSPS) is 12.5. The number of carbonyl (C=O) groups is 5. The molecule has 1 rings (SSSR count). The van der Waals surface area contributed by atoms with Gasteiger partial charge < -0.3 is 15.7 Å². The fourth-order valence-corrected chi connectivity index (χ4v) is 3.78. The summed E-state index contributed by atoms with van der Waals surface area (Å²) >= 11 is 1.56. The summed E-state index contributed by atoms with van der Waals surface area (Å²) < 4.78 is 0. The molecule has 146 valence electrons. The quantitative estimate of drug-likeness (QED) is 0.546. The minimum absolute atomic E-state index is 0.0109. The molecule has 0 bridgehead atoms. The summed E-state index contributed by atoms with van der Waals surface area (Å²) in [5.41, 5.74) is 0.473. The minimum atomic E-state index is -1.27. The lowest BCUT2D eigenvalue weighted by Gasteiger charge is -2.17. The fourth-order valence-electron chi connectivity index (χ4n) is 1.92. The van der Waals surface area contributed by atoms with E-state index in [1.165, 1.54) is 13.8 Å². The van der Waals surface area contributed by atoms with Crippen molar-refractivity contribution in [1.29, 1.82) is 0 Å². The monoisotopic (exact) mass is 412 g/mol. The number of amides is 2. The molecule has 0 radical (unpaired) electrons. The number of hydrogen-bond acceptors (Lipinski definition) is 7. The van der Waals surface area contributed by atoms with Crippen molar-refractivity contribution in [2.75, 3.05) is 11.5 Å². The molecule has 0 heterocycles. The molecule has 0 spiro atoms. The van der Waals surface area contributed by atoms with Crippen LogP contribution in [0.5, 0.6) is 0 Å². The second-order valence-corrected chi connectivity index (χ2v) is 7.46. The molecule has 0 saturated heterocycles. The predicted octanol–water partition coefficient (Wildman–Crippen LogP) is 0.914. The van der Waals surface area contributed by atoms with Gasteiger partial charge in [-0.25, -0.2) is 4.79 Å². The van der Waals surface area contributed by atoms with Crippen molar-refractivity contribution < 1.29 is 29.1 Å². The molecule has 10 heteroatoms. The van der Waals surface area contributed by atoms with E-state index in [-0.39, 0.29) is 16.6 Å². The molecule has 2 atom stereocenters. The number of aliphatic carboxylic acids is 1. The number of carboxylic acids is 1. The van der Waals surface area contributed by atoms with Crippen LogP contribution in [0.1, 0.15) is 24.2 Å². The van der Waals surface area contributed by atoms with Crippen LogP contribution in [0, 0.1) is 0 Å². The smallest absolute Gasteiger partial charge is 0.327 e. The highest BCUT2D eigenvalue weighted by Crippen LogP contribution is 2.17. The Labute approximate surface area is 164 Å². The van der Waals surface area contributed by atoms with Crippen molar-refractivity contribution in [1.82, 2.24) is 10.6 Å². The average Bonchev–Trinajstić information content (AvgIpc) is 2.61. The second-order valence-electron chi connectivity index (χ2n) is 5.44. The maximum Gasteiger partial charge on any atom is 0.327 e. The van der Waals surface area contributed by atoms with E-state index < -0.39 is 35.0 Å². The highest BCUT2D eigenvalue weighted by molar-refractivity contribution is 8.15. The first-order valence-electron chi connectivity index (χ1n) is 7.86. The van der Waals surface area contributed by atoms with Crippen LogP contribution in [0.15, 0.2) is 30.3 Å². The SMILES string of the molecule is CC(=O)NC(CSC(=O)C(CSC(=O)c1ccccc1)NC(C)=O)C(=O)O. The lowest BCUT2D eigenvalue weighted by Crippen LogP contribution is -2.44. The van der Waals surface area contributed by atoms with Gasteiger partial charge in [0.25, 0.3) is 0 Å². The molecule has 2 amide bonds. The molecule has 8 nitrogen and oxygen atoms in total. The second kappa shape index (κ2) is 11.4. The van der Waals surface area contributed by atoms with Gasteiger partial charge in [-0.05, 0) is 0 Å². The Kier molecular flexibility index (Phi) is 9.59. The lowest BCUT2D eigenvalue weighted by molar-refractivity contribution is -0.140. The first kappa shape index (κ1) is 22.7. The van der Waals surface area contributed by atoms with Crippen LogP contribution in [0.2, 0.25) is 0 Å². The largest absolute Gasteiger partial charge is 0.480 e. The van der Waals surface area contributed by atoms with E-state index in [0.29, 0.717) is 17.3 Å². The van der Waals surface area contributed by atoms with Gasteiger partial charge in [0, 0.05) is 30.9 Å². The van der Waals surface area contributed by atoms with E-state index in [2.05, 4.69) is 10.6 Å². The van der Waals surface area contributed by atoms with Crippen molar-refractivity contribution in [3.05, 3.63) is 35.9 Å². The van der Waals surface area contributed by atoms with Crippen molar-refractivity contribution >= 4 is 51.5 Å². The van der Waals surface area contributed by atoms with Gasteiger partial charge in [-0.2, -0.15) is 0 Å². The summed E-state index contributed by atoms with van der Waals surface area (Å²) in [7, 11) is 0. The third kappa shape index (κ3) is 8.74. The van der Waals surface area contributed by atoms with E-state index in [1.807, 2.05) is 0 Å². The molecule has 2 unspecified atom stereocenters. The Morgan fingerprint density at radius 3 is 1.93 bits per heavy atom. The van der Waals surface area contributed by atoms with Gasteiger partial charge >= 0.3 is 5.97 Å².